The number of imidazole rings is 1. The van der Waals surface area contributed by atoms with Gasteiger partial charge in [-0.1, -0.05) is 67.6 Å². The summed E-state index contributed by atoms with van der Waals surface area (Å²) in [5.41, 5.74) is 4.74. The van der Waals surface area contributed by atoms with Crippen molar-refractivity contribution in [2.45, 2.75) is 56.8 Å². The summed E-state index contributed by atoms with van der Waals surface area (Å²) in [6.45, 7) is 8.16. The fourth-order valence-electron chi connectivity index (χ4n) is 5.52. The molecule has 2 N–H and O–H groups in total. The van der Waals surface area contributed by atoms with E-state index in [1.54, 1.807) is 22.8 Å². The largest absolute Gasteiger partial charge is 0.456 e. The number of benzene rings is 2. The van der Waals surface area contributed by atoms with Crippen LogP contribution in [0, 0.1) is 0 Å². The number of aliphatic hydroxyl groups excluding tert-OH is 1. The maximum Gasteiger partial charge on any atom is 0.301 e. The minimum absolute atomic E-state index is 0.187. The molecule has 2 aromatic carbocycles. The molecule has 0 aliphatic carbocycles. The topological polar surface area (TPSA) is 134 Å². The van der Waals surface area contributed by atoms with Gasteiger partial charge in [0.05, 0.1) is 23.9 Å². The summed E-state index contributed by atoms with van der Waals surface area (Å²) in [6, 6.07) is 17.9. The Morgan fingerprint density at radius 2 is 1.70 bits per heavy atom. The zero-order valence-electron chi connectivity index (χ0n) is 26.8. The number of ether oxygens (including phenoxy) is 4. The highest BCUT2D eigenvalue weighted by Crippen LogP contribution is 2.35. The molecule has 1 amide bonds. The lowest BCUT2D eigenvalue weighted by Gasteiger charge is -2.19. The summed E-state index contributed by atoms with van der Waals surface area (Å²) in [5.74, 6) is 3.03. The minimum atomic E-state index is -2.66. The van der Waals surface area contributed by atoms with Gasteiger partial charge in [-0.25, -0.2) is 9.19 Å². The van der Waals surface area contributed by atoms with Crippen LogP contribution in [0.2, 0.25) is 30.7 Å². The van der Waals surface area contributed by atoms with E-state index in [1.807, 2.05) is 36.4 Å². The van der Waals surface area contributed by atoms with Crippen molar-refractivity contribution in [3.8, 4) is 28.4 Å². The van der Waals surface area contributed by atoms with E-state index in [0.717, 1.165) is 22.7 Å². The number of aromatic nitrogens is 3. The molecule has 4 aromatic rings. The Bertz CT molecular complexity index is 1880. The number of hydrogen-bond donors (Lipinski definition) is 2. The van der Waals surface area contributed by atoms with E-state index >= 15 is 0 Å². The fourth-order valence-corrected chi connectivity index (χ4v) is 7.04. The van der Waals surface area contributed by atoms with E-state index in [0.29, 0.717) is 40.1 Å². The third kappa shape index (κ3) is 7.72. The molecule has 0 spiro atoms. The van der Waals surface area contributed by atoms with Gasteiger partial charge in [-0.15, -0.1) is 0 Å². The average molecular weight is 699 g/mol. The summed E-state index contributed by atoms with van der Waals surface area (Å²) < 4.78 is 40.0. The van der Waals surface area contributed by atoms with Gasteiger partial charge in [-0.2, -0.15) is 4.98 Å². The molecule has 250 valence electrons. The van der Waals surface area contributed by atoms with Crippen LogP contribution in [0.25, 0.3) is 33.5 Å². The lowest BCUT2D eigenvalue weighted by atomic mass is 10.0. The van der Waals surface area contributed by atoms with E-state index in [4.69, 9.17) is 40.5 Å². The molecule has 5 atom stereocenters. The zero-order valence-corrected chi connectivity index (χ0v) is 29.3. The summed E-state index contributed by atoms with van der Waals surface area (Å²) in [6.07, 6.45) is -0.583. The van der Waals surface area contributed by atoms with Crippen molar-refractivity contribution in [3.05, 3.63) is 65.2 Å². The Hall–Kier alpha value is -3.30. The Morgan fingerprint density at radius 3 is 2.36 bits per heavy atom. The van der Waals surface area contributed by atoms with Crippen molar-refractivity contribution in [1.29, 1.82) is 0 Å². The summed E-state index contributed by atoms with van der Waals surface area (Å²) in [7, 11) is -3.96. The maximum absolute atomic E-state index is 12.3. The second kappa shape index (κ2) is 13.3. The van der Waals surface area contributed by atoms with Gasteiger partial charge in [0.2, 0.25) is 0 Å². The first kappa shape index (κ1) is 33.6. The highest BCUT2D eigenvalue weighted by atomic mass is 35.5. The molecule has 0 radical (unpaired) electrons. The lowest BCUT2D eigenvalue weighted by Crippen LogP contribution is -2.35. The number of pyridine rings is 1. The third-order valence-corrected chi connectivity index (χ3v) is 10.7. The second-order valence-corrected chi connectivity index (χ2v) is 21.5. The highest BCUT2D eigenvalue weighted by molar-refractivity contribution is 7.98. The van der Waals surface area contributed by atoms with Crippen LogP contribution in [-0.2, 0) is 30.6 Å². The Morgan fingerprint density at radius 1 is 1.06 bits per heavy atom. The number of carbonyl (C=O) groups excluding carboxylic acids is 1. The van der Waals surface area contributed by atoms with Crippen LogP contribution >= 0.6 is 11.6 Å². The van der Waals surface area contributed by atoms with Gasteiger partial charge in [0, 0.05) is 41.8 Å². The molecule has 6 rings (SSSR count). The fraction of sp³-hybridized carbons (Fsp3) is 0.394. The van der Waals surface area contributed by atoms with Gasteiger partial charge in [0.1, 0.15) is 30.6 Å². The number of nitrogens with one attached hydrogen (secondary N) is 1. The van der Waals surface area contributed by atoms with Gasteiger partial charge in [0.15, 0.2) is 11.8 Å². The first-order chi connectivity index (χ1) is 22.3. The SMILES string of the molecule is C=S(C)(=O)NC(=O)c1ccc(-c2ccc(-c3nc4c(cc3Cl)nc(O[C@@H]3CO[C@H]5[C@@H]3OC[C@H]5O)n4COCC[Si](C)(C)C)cc2)cc1. The van der Waals surface area contributed by atoms with Crippen molar-refractivity contribution in [3.63, 3.8) is 0 Å². The van der Waals surface area contributed by atoms with E-state index in [-0.39, 0.29) is 19.9 Å². The number of aliphatic hydroxyl groups is 1. The van der Waals surface area contributed by atoms with Crippen LogP contribution in [0.15, 0.2) is 54.6 Å². The molecular formula is C33H39ClN4O7SSi. The van der Waals surface area contributed by atoms with Crippen molar-refractivity contribution in [2.75, 3.05) is 26.1 Å². The van der Waals surface area contributed by atoms with Crippen molar-refractivity contribution >= 4 is 52.3 Å². The molecule has 1 unspecified atom stereocenters. The van der Waals surface area contributed by atoms with Crippen molar-refractivity contribution in [1.82, 2.24) is 19.3 Å². The van der Waals surface area contributed by atoms with E-state index in [1.165, 1.54) is 6.26 Å². The molecule has 47 heavy (non-hydrogen) atoms. The molecule has 0 bridgehead atoms. The molecule has 11 nitrogen and oxygen atoms in total. The van der Waals surface area contributed by atoms with Crippen molar-refractivity contribution in [2.24, 2.45) is 0 Å². The number of hydrogen-bond acceptors (Lipinski definition) is 9. The molecule has 2 aliphatic heterocycles. The smallest absolute Gasteiger partial charge is 0.301 e. The first-order valence-electron chi connectivity index (χ1n) is 15.3. The monoisotopic (exact) mass is 698 g/mol. The molecule has 0 saturated carbocycles. The number of fused-ring (bicyclic) bond motifs is 2. The van der Waals surface area contributed by atoms with Crippen LogP contribution in [-0.4, -0.2) is 94.2 Å². The van der Waals surface area contributed by atoms with E-state index in [9.17, 15) is 14.1 Å². The van der Waals surface area contributed by atoms with Gasteiger partial charge >= 0.3 is 6.01 Å². The highest BCUT2D eigenvalue weighted by Gasteiger charge is 2.49. The van der Waals surface area contributed by atoms with Gasteiger partial charge in [0.25, 0.3) is 5.91 Å². The minimum Gasteiger partial charge on any atom is -0.456 e. The molecule has 2 aromatic heterocycles. The number of halogens is 1. The molecular weight excluding hydrogens is 660 g/mol. The zero-order chi connectivity index (χ0) is 33.5. The van der Waals surface area contributed by atoms with Crippen LogP contribution in [0.1, 0.15) is 10.4 Å². The molecule has 14 heteroatoms. The van der Waals surface area contributed by atoms with Gasteiger partial charge in [-0.05, 0) is 41.2 Å². The van der Waals surface area contributed by atoms with Crippen LogP contribution in [0.4, 0.5) is 0 Å². The second-order valence-electron chi connectivity index (χ2n) is 13.2. The number of nitrogens with zero attached hydrogens (tertiary/aromatic N) is 3. The van der Waals surface area contributed by atoms with Gasteiger partial charge < -0.3 is 24.1 Å². The predicted molar refractivity (Wildman–Crippen MR) is 186 cm³/mol. The number of rotatable bonds is 11. The lowest BCUT2D eigenvalue weighted by molar-refractivity contribution is 0.00336. The molecule has 2 aliphatic rings. The third-order valence-electron chi connectivity index (χ3n) is 8.04. The van der Waals surface area contributed by atoms with Crippen LogP contribution in [0.3, 0.4) is 0 Å². The molecule has 2 saturated heterocycles. The average Bonchev–Trinajstić information content (AvgIpc) is 3.68. The van der Waals surface area contributed by atoms with Crippen LogP contribution in [0.5, 0.6) is 6.01 Å². The quantitative estimate of drug-likeness (QED) is 0.131. The Kier molecular flexibility index (Phi) is 9.51. The molecule has 4 heterocycles. The summed E-state index contributed by atoms with van der Waals surface area (Å²) in [5, 5.41) is 10.6. The van der Waals surface area contributed by atoms with E-state index in [2.05, 4.69) is 30.2 Å². The normalized spacial score (nSPS) is 22.3. The summed E-state index contributed by atoms with van der Waals surface area (Å²) in [4.78, 5) is 22.0. The standard InChI is InChI=1S/C33H39ClN4O7SSi/c1-46(2,41)37-32(40)23-12-8-21(9-13-23)20-6-10-22(11-7-20)28-24(34)16-25-31(36-28)38(19-42-14-15-47(3,4)5)33(35-25)45-27-18-44-29-26(39)17-43-30(27)29/h6-13,16,26-27,29-30,39H,1,14-15,17-19H2,2-5H3,(H,37,40,41)/t26-,27-,29-,30-,46?/m1/s1. The van der Waals surface area contributed by atoms with Crippen LogP contribution < -0.4 is 9.46 Å². The van der Waals surface area contributed by atoms with Gasteiger partial charge in [-0.3, -0.25) is 14.1 Å². The summed E-state index contributed by atoms with van der Waals surface area (Å²) >= 11 is 6.78. The predicted octanol–water partition coefficient (Wildman–Crippen LogP) is 4.63. The number of amides is 1. The van der Waals surface area contributed by atoms with E-state index < -0.39 is 48.1 Å². The Balaban J connectivity index is 1.26. The number of carbonyl (C=O) groups is 1. The first-order valence-corrected chi connectivity index (χ1v) is 21.6. The molecule has 2 fully saturated rings. The van der Waals surface area contributed by atoms with Crippen molar-refractivity contribution < 1.29 is 33.1 Å². The maximum atomic E-state index is 12.3. The Labute approximate surface area is 280 Å².